The Kier molecular flexibility index (Phi) is 5.82. The SMILES string of the molecule is COc1cc(C)cc(Oc2ccc([N+](=O)[O-])cc2S(=O)(=O)N2CCNCC2)c1. The third-order valence-electron chi connectivity index (χ3n) is 4.32. The van der Waals surface area contributed by atoms with Gasteiger partial charge in [-0.1, -0.05) is 0 Å². The lowest BCUT2D eigenvalue weighted by molar-refractivity contribution is -0.385. The first-order chi connectivity index (χ1) is 13.3. The number of benzene rings is 2. The fourth-order valence-electron chi connectivity index (χ4n) is 2.94. The molecule has 10 heteroatoms. The number of nitro groups is 1. The number of nitro benzene ring substituents is 1. The van der Waals surface area contributed by atoms with Crippen LogP contribution in [0.5, 0.6) is 17.2 Å². The van der Waals surface area contributed by atoms with Crippen molar-refractivity contribution in [2.24, 2.45) is 0 Å². The predicted molar refractivity (Wildman–Crippen MR) is 103 cm³/mol. The van der Waals surface area contributed by atoms with E-state index < -0.39 is 14.9 Å². The molecule has 0 amide bonds. The predicted octanol–water partition coefficient (Wildman–Crippen LogP) is 2.30. The van der Waals surface area contributed by atoms with E-state index in [9.17, 15) is 18.5 Å². The highest BCUT2D eigenvalue weighted by molar-refractivity contribution is 7.89. The fraction of sp³-hybridized carbons (Fsp3) is 0.333. The highest BCUT2D eigenvalue weighted by Crippen LogP contribution is 2.35. The number of hydrogen-bond acceptors (Lipinski definition) is 7. The lowest BCUT2D eigenvalue weighted by Gasteiger charge is -2.27. The van der Waals surface area contributed by atoms with Gasteiger partial charge in [-0.3, -0.25) is 10.1 Å². The third-order valence-corrected chi connectivity index (χ3v) is 6.24. The first-order valence-electron chi connectivity index (χ1n) is 8.64. The number of non-ortho nitro benzene ring substituents is 1. The van der Waals surface area contributed by atoms with Crippen molar-refractivity contribution in [1.29, 1.82) is 0 Å². The summed E-state index contributed by atoms with van der Waals surface area (Å²) in [4.78, 5) is 10.3. The molecule has 0 aromatic heterocycles. The second kappa shape index (κ2) is 8.13. The molecule has 1 saturated heterocycles. The molecule has 0 unspecified atom stereocenters. The van der Waals surface area contributed by atoms with Crippen LogP contribution in [0.25, 0.3) is 0 Å². The fourth-order valence-corrected chi connectivity index (χ4v) is 4.51. The highest BCUT2D eigenvalue weighted by Gasteiger charge is 2.31. The average molecular weight is 407 g/mol. The van der Waals surface area contributed by atoms with Gasteiger partial charge in [0.1, 0.15) is 22.1 Å². The van der Waals surface area contributed by atoms with Crippen molar-refractivity contribution in [3.8, 4) is 17.2 Å². The summed E-state index contributed by atoms with van der Waals surface area (Å²) >= 11 is 0. The third kappa shape index (κ3) is 4.24. The molecule has 1 fully saturated rings. The Bertz CT molecular complexity index is 987. The van der Waals surface area contributed by atoms with Crippen molar-refractivity contribution in [3.05, 3.63) is 52.1 Å². The maximum atomic E-state index is 13.1. The Morgan fingerprint density at radius 1 is 1.11 bits per heavy atom. The largest absolute Gasteiger partial charge is 0.497 e. The van der Waals surface area contributed by atoms with Crippen LogP contribution in [-0.2, 0) is 10.0 Å². The molecule has 150 valence electrons. The summed E-state index contributed by atoms with van der Waals surface area (Å²) in [5.41, 5.74) is 0.547. The Morgan fingerprint density at radius 2 is 1.79 bits per heavy atom. The normalized spacial score (nSPS) is 15.2. The van der Waals surface area contributed by atoms with Crippen molar-refractivity contribution in [1.82, 2.24) is 9.62 Å². The summed E-state index contributed by atoms with van der Waals surface area (Å²) in [5, 5.41) is 14.3. The van der Waals surface area contributed by atoms with Crippen LogP contribution < -0.4 is 14.8 Å². The van der Waals surface area contributed by atoms with Gasteiger partial charge in [-0.05, 0) is 30.7 Å². The molecule has 2 aromatic carbocycles. The molecule has 2 aromatic rings. The Balaban J connectivity index is 2.06. The summed E-state index contributed by atoms with van der Waals surface area (Å²) in [6.45, 7) is 3.44. The van der Waals surface area contributed by atoms with E-state index in [0.717, 1.165) is 11.6 Å². The second-order valence-electron chi connectivity index (χ2n) is 6.33. The molecular weight excluding hydrogens is 386 g/mol. The van der Waals surface area contributed by atoms with Crippen LogP contribution in [0.2, 0.25) is 0 Å². The van der Waals surface area contributed by atoms with Crippen molar-refractivity contribution >= 4 is 15.7 Å². The van der Waals surface area contributed by atoms with Crippen molar-refractivity contribution in [3.63, 3.8) is 0 Å². The minimum Gasteiger partial charge on any atom is -0.497 e. The first-order valence-corrected chi connectivity index (χ1v) is 10.1. The van der Waals surface area contributed by atoms with Crippen LogP contribution >= 0.6 is 0 Å². The summed E-state index contributed by atoms with van der Waals surface area (Å²) in [7, 11) is -2.44. The van der Waals surface area contributed by atoms with Gasteiger partial charge in [-0.25, -0.2) is 8.42 Å². The summed E-state index contributed by atoms with van der Waals surface area (Å²) in [5.74, 6) is 0.961. The number of piperazine rings is 1. The van der Waals surface area contributed by atoms with E-state index in [1.807, 2.05) is 6.92 Å². The molecule has 1 aliphatic heterocycles. The topological polar surface area (TPSA) is 111 Å². The van der Waals surface area contributed by atoms with E-state index in [-0.39, 0.29) is 29.4 Å². The molecule has 28 heavy (non-hydrogen) atoms. The quantitative estimate of drug-likeness (QED) is 0.578. The number of hydrogen-bond donors (Lipinski definition) is 1. The Labute approximate surface area is 163 Å². The van der Waals surface area contributed by atoms with Crippen LogP contribution in [0.3, 0.4) is 0 Å². The maximum absolute atomic E-state index is 13.1. The zero-order chi connectivity index (χ0) is 20.3. The molecule has 0 bridgehead atoms. The van der Waals surface area contributed by atoms with E-state index in [1.165, 1.54) is 23.5 Å². The zero-order valence-corrected chi connectivity index (χ0v) is 16.4. The van der Waals surface area contributed by atoms with Crippen LogP contribution in [0.1, 0.15) is 5.56 Å². The molecule has 1 heterocycles. The molecule has 0 radical (unpaired) electrons. The van der Waals surface area contributed by atoms with Crippen LogP contribution in [0.4, 0.5) is 5.69 Å². The molecule has 1 aliphatic rings. The minimum absolute atomic E-state index is 0.0248. The lowest BCUT2D eigenvalue weighted by Crippen LogP contribution is -2.46. The maximum Gasteiger partial charge on any atom is 0.271 e. The number of sulfonamides is 1. The minimum atomic E-state index is -3.96. The van der Waals surface area contributed by atoms with E-state index in [4.69, 9.17) is 9.47 Å². The smallest absolute Gasteiger partial charge is 0.271 e. The van der Waals surface area contributed by atoms with Crippen molar-refractivity contribution in [2.45, 2.75) is 11.8 Å². The molecule has 1 N–H and O–H groups in total. The molecule has 9 nitrogen and oxygen atoms in total. The number of ether oxygens (including phenoxy) is 2. The summed E-state index contributed by atoms with van der Waals surface area (Å²) in [6.07, 6.45) is 0. The molecule has 3 rings (SSSR count). The Morgan fingerprint density at radius 3 is 2.43 bits per heavy atom. The van der Waals surface area contributed by atoms with E-state index in [1.54, 1.807) is 18.2 Å². The van der Waals surface area contributed by atoms with Crippen LogP contribution in [0, 0.1) is 17.0 Å². The summed E-state index contributed by atoms with van der Waals surface area (Å²) < 4.78 is 38.6. The van der Waals surface area contributed by atoms with Crippen LogP contribution in [0.15, 0.2) is 41.3 Å². The van der Waals surface area contributed by atoms with Gasteiger partial charge in [0.2, 0.25) is 10.0 Å². The van der Waals surface area contributed by atoms with E-state index >= 15 is 0 Å². The molecule has 0 aliphatic carbocycles. The van der Waals surface area contributed by atoms with Gasteiger partial charge in [0, 0.05) is 44.4 Å². The highest BCUT2D eigenvalue weighted by atomic mass is 32.2. The first kappa shape index (κ1) is 20.1. The molecule has 0 spiro atoms. The Hall–Kier alpha value is -2.69. The van der Waals surface area contributed by atoms with Gasteiger partial charge >= 0.3 is 0 Å². The molecular formula is C18H21N3O6S. The van der Waals surface area contributed by atoms with E-state index in [2.05, 4.69) is 5.32 Å². The van der Waals surface area contributed by atoms with Crippen molar-refractivity contribution < 1.29 is 22.8 Å². The van der Waals surface area contributed by atoms with Gasteiger partial charge in [-0.15, -0.1) is 0 Å². The summed E-state index contributed by atoms with van der Waals surface area (Å²) in [6, 6.07) is 8.72. The molecule has 0 atom stereocenters. The number of rotatable bonds is 6. The van der Waals surface area contributed by atoms with Crippen molar-refractivity contribution in [2.75, 3.05) is 33.3 Å². The monoisotopic (exact) mass is 407 g/mol. The van der Waals surface area contributed by atoms with Gasteiger partial charge < -0.3 is 14.8 Å². The average Bonchev–Trinajstić information content (AvgIpc) is 2.68. The van der Waals surface area contributed by atoms with E-state index in [0.29, 0.717) is 24.6 Å². The van der Waals surface area contributed by atoms with Crippen LogP contribution in [-0.4, -0.2) is 50.9 Å². The standard InChI is InChI=1S/C18H21N3O6S/c1-13-9-15(26-2)12-16(10-13)27-17-4-3-14(21(22)23)11-18(17)28(24,25)20-7-5-19-6-8-20/h3-4,9-12,19H,5-8H2,1-2H3. The molecule has 0 saturated carbocycles. The number of aryl methyl sites for hydroxylation is 1. The lowest BCUT2D eigenvalue weighted by atomic mass is 10.2. The second-order valence-corrected chi connectivity index (χ2v) is 8.24. The number of nitrogens with one attached hydrogen (secondary N) is 1. The van der Waals surface area contributed by atoms with Gasteiger partial charge in [-0.2, -0.15) is 4.31 Å². The number of nitrogens with zero attached hydrogens (tertiary/aromatic N) is 2. The van der Waals surface area contributed by atoms with Gasteiger partial charge in [0.05, 0.1) is 12.0 Å². The van der Waals surface area contributed by atoms with Gasteiger partial charge in [0.25, 0.3) is 5.69 Å². The number of methoxy groups -OCH3 is 1. The van der Waals surface area contributed by atoms with Gasteiger partial charge in [0.15, 0.2) is 0 Å². The zero-order valence-electron chi connectivity index (χ0n) is 15.5.